The van der Waals surface area contributed by atoms with Gasteiger partial charge in [-0.25, -0.2) is 0 Å². The Hall–Kier alpha value is -2.24. The molecule has 1 aliphatic carbocycles. The first-order chi connectivity index (χ1) is 15.4. The van der Waals surface area contributed by atoms with Crippen molar-refractivity contribution in [3.05, 3.63) is 63.6 Å². The van der Waals surface area contributed by atoms with Crippen LogP contribution in [0.3, 0.4) is 0 Å². The summed E-state index contributed by atoms with van der Waals surface area (Å²) in [5.74, 6) is 0.273. The van der Waals surface area contributed by atoms with Gasteiger partial charge in [-0.05, 0) is 55.5 Å². The number of carbonyl (C=O) groups is 2. The minimum absolute atomic E-state index is 0.122. The maximum atomic E-state index is 13.3. The molecule has 0 aromatic heterocycles. The maximum absolute atomic E-state index is 13.3. The zero-order valence-electron chi connectivity index (χ0n) is 18.6. The lowest BCUT2D eigenvalue weighted by Crippen LogP contribution is -2.52. The molecule has 2 aromatic rings. The molecule has 1 saturated carbocycles. The molecule has 2 aromatic carbocycles. The van der Waals surface area contributed by atoms with Crippen molar-refractivity contribution in [2.24, 2.45) is 0 Å². The molecule has 5 nitrogen and oxygen atoms in total. The van der Waals surface area contributed by atoms with Crippen molar-refractivity contribution in [1.29, 1.82) is 0 Å². The second-order valence-electron chi connectivity index (χ2n) is 8.24. The quantitative estimate of drug-likeness (QED) is 0.516. The van der Waals surface area contributed by atoms with Crippen LogP contribution in [0.25, 0.3) is 0 Å². The van der Waals surface area contributed by atoms with E-state index in [2.05, 4.69) is 5.32 Å². The Morgan fingerprint density at radius 2 is 1.84 bits per heavy atom. The third-order valence-electron chi connectivity index (χ3n) is 5.87. The first-order valence-corrected chi connectivity index (χ1v) is 11.9. The van der Waals surface area contributed by atoms with Gasteiger partial charge in [-0.1, -0.05) is 67.2 Å². The zero-order valence-corrected chi connectivity index (χ0v) is 20.1. The van der Waals surface area contributed by atoms with Crippen LogP contribution in [0.4, 0.5) is 0 Å². The van der Waals surface area contributed by atoms with E-state index < -0.39 is 6.04 Å². The number of benzene rings is 2. The van der Waals surface area contributed by atoms with Gasteiger partial charge in [-0.2, -0.15) is 0 Å². The summed E-state index contributed by atoms with van der Waals surface area (Å²) in [4.78, 5) is 28.0. The fraction of sp³-hybridized carbons (Fsp3) is 0.440. The molecular formula is C25H30Cl2N2O3. The topological polar surface area (TPSA) is 58.6 Å². The molecule has 1 atom stereocenters. The number of hydrogen-bond donors (Lipinski definition) is 1. The van der Waals surface area contributed by atoms with Crippen LogP contribution in [0.1, 0.15) is 50.2 Å². The Kier molecular flexibility index (Phi) is 8.83. The van der Waals surface area contributed by atoms with E-state index in [1.807, 2.05) is 44.2 Å². The summed E-state index contributed by atoms with van der Waals surface area (Å²) in [5.41, 5.74) is 1.75. The van der Waals surface area contributed by atoms with Gasteiger partial charge in [0.25, 0.3) is 5.91 Å². The van der Waals surface area contributed by atoms with E-state index in [1.54, 1.807) is 17.0 Å². The lowest BCUT2D eigenvalue weighted by molar-refractivity contribution is -0.143. The maximum Gasteiger partial charge on any atom is 0.261 e. The number of aryl methyl sites for hydroxylation is 1. The summed E-state index contributed by atoms with van der Waals surface area (Å²) in [7, 11) is 0. The number of halogens is 2. The van der Waals surface area contributed by atoms with E-state index in [0.717, 1.165) is 36.8 Å². The molecule has 1 N–H and O–H groups in total. The van der Waals surface area contributed by atoms with E-state index in [-0.39, 0.29) is 31.0 Å². The fourth-order valence-electron chi connectivity index (χ4n) is 4.06. The standard InChI is InChI=1S/C25H30Cl2N2O3/c1-3-22(25(31)28-19-9-5-6-10-19)29(15-18-12-13-20(26)21(27)14-18)24(30)16-32-23-11-7-4-8-17(23)2/h4,7-8,11-14,19,22H,3,5-6,9-10,15-16H2,1-2H3,(H,28,31). The minimum atomic E-state index is -0.599. The van der Waals surface area contributed by atoms with Crippen molar-refractivity contribution in [3.8, 4) is 5.75 Å². The van der Waals surface area contributed by atoms with Crippen molar-refractivity contribution < 1.29 is 14.3 Å². The highest BCUT2D eigenvalue weighted by Gasteiger charge is 2.31. The molecule has 0 bridgehead atoms. The van der Waals surface area contributed by atoms with Gasteiger partial charge in [0.1, 0.15) is 11.8 Å². The first kappa shape index (κ1) is 24.4. The summed E-state index contributed by atoms with van der Waals surface area (Å²) in [6, 6.07) is 12.4. The highest BCUT2D eigenvalue weighted by Crippen LogP contribution is 2.25. The molecule has 3 rings (SSSR count). The minimum Gasteiger partial charge on any atom is -0.484 e. The summed E-state index contributed by atoms with van der Waals surface area (Å²) in [6.45, 7) is 3.93. The average molecular weight is 477 g/mol. The molecule has 0 aliphatic heterocycles. The van der Waals surface area contributed by atoms with Crippen molar-refractivity contribution in [2.75, 3.05) is 6.61 Å². The summed E-state index contributed by atoms with van der Waals surface area (Å²) in [5, 5.41) is 3.99. The van der Waals surface area contributed by atoms with E-state index in [0.29, 0.717) is 22.2 Å². The van der Waals surface area contributed by atoms with Gasteiger partial charge in [-0.3, -0.25) is 9.59 Å². The van der Waals surface area contributed by atoms with Crippen LogP contribution < -0.4 is 10.1 Å². The molecule has 2 amide bonds. The van der Waals surface area contributed by atoms with Crippen molar-refractivity contribution >= 4 is 35.0 Å². The number of hydrogen-bond acceptors (Lipinski definition) is 3. The van der Waals surface area contributed by atoms with Crippen molar-refractivity contribution in [3.63, 3.8) is 0 Å². The van der Waals surface area contributed by atoms with Gasteiger partial charge in [0.05, 0.1) is 10.0 Å². The smallest absolute Gasteiger partial charge is 0.261 e. The van der Waals surface area contributed by atoms with E-state index in [4.69, 9.17) is 27.9 Å². The number of nitrogens with one attached hydrogen (secondary N) is 1. The van der Waals surface area contributed by atoms with Gasteiger partial charge in [0.2, 0.25) is 5.91 Å². The van der Waals surface area contributed by atoms with Gasteiger partial charge in [0.15, 0.2) is 6.61 Å². The zero-order chi connectivity index (χ0) is 23.1. The normalized spacial score (nSPS) is 14.8. The van der Waals surface area contributed by atoms with Gasteiger partial charge in [-0.15, -0.1) is 0 Å². The lowest BCUT2D eigenvalue weighted by atomic mass is 10.1. The molecular weight excluding hydrogens is 447 g/mol. The Balaban J connectivity index is 1.79. The Morgan fingerprint density at radius 1 is 1.12 bits per heavy atom. The van der Waals surface area contributed by atoms with Gasteiger partial charge < -0.3 is 15.0 Å². The molecule has 1 fully saturated rings. The molecule has 7 heteroatoms. The molecule has 32 heavy (non-hydrogen) atoms. The largest absolute Gasteiger partial charge is 0.484 e. The Bertz CT molecular complexity index is 945. The van der Waals surface area contributed by atoms with Crippen LogP contribution in [0.2, 0.25) is 10.0 Å². The highest BCUT2D eigenvalue weighted by atomic mass is 35.5. The molecule has 0 spiro atoms. The van der Waals surface area contributed by atoms with Crippen LogP contribution in [0.5, 0.6) is 5.75 Å². The molecule has 1 aliphatic rings. The summed E-state index contributed by atoms with van der Waals surface area (Å²) in [6.07, 6.45) is 4.71. The molecule has 0 saturated heterocycles. The second kappa shape index (κ2) is 11.6. The molecule has 172 valence electrons. The van der Waals surface area contributed by atoms with Gasteiger partial charge in [0, 0.05) is 12.6 Å². The lowest BCUT2D eigenvalue weighted by Gasteiger charge is -2.31. The monoisotopic (exact) mass is 476 g/mol. The van der Waals surface area contributed by atoms with Crippen molar-refractivity contribution in [2.45, 2.75) is 64.6 Å². The number of para-hydroxylation sites is 1. The number of carbonyl (C=O) groups excluding carboxylic acids is 2. The SMILES string of the molecule is CCC(C(=O)NC1CCCC1)N(Cc1ccc(Cl)c(Cl)c1)C(=O)COc1ccccc1C. The number of nitrogens with zero attached hydrogens (tertiary/aromatic N) is 1. The van der Waals surface area contributed by atoms with Gasteiger partial charge >= 0.3 is 0 Å². The van der Waals surface area contributed by atoms with Crippen molar-refractivity contribution in [1.82, 2.24) is 10.2 Å². The van der Waals surface area contributed by atoms with Crippen LogP contribution in [0, 0.1) is 6.92 Å². The average Bonchev–Trinajstić information content (AvgIpc) is 3.28. The summed E-state index contributed by atoms with van der Waals surface area (Å²) < 4.78 is 5.80. The van der Waals surface area contributed by atoms with Crippen LogP contribution in [0.15, 0.2) is 42.5 Å². The predicted molar refractivity (Wildman–Crippen MR) is 128 cm³/mol. The number of amides is 2. The predicted octanol–water partition coefficient (Wildman–Crippen LogP) is 5.55. The Labute approximate surface area is 200 Å². The first-order valence-electron chi connectivity index (χ1n) is 11.1. The molecule has 0 heterocycles. The van der Waals surface area contributed by atoms with E-state index in [1.165, 1.54) is 0 Å². The number of rotatable bonds is 9. The van der Waals surface area contributed by atoms with E-state index in [9.17, 15) is 9.59 Å². The Morgan fingerprint density at radius 3 is 2.50 bits per heavy atom. The molecule has 0 radical (unpaired) electrons. The van der Waals surface area contributed by atoms with E-state index >= 15 is 0 Å². The third kappa shape index (κ3) is 6.39. The van der Waals surface area contributed by atoms with Crippen LogP contribution in [-0.4, -0.2) is 35.4 Å². The number of ether oxygens (including phenoxy) is 1. The van der Waals surface area contributed by atoms with Crippen LogP contribution >= 0.6 is 23.2 Å². The summed E-state index contributed by atoms with van der Waals surface area (Å²) >= 11 is 12.2. The highest BCUT2D eigenvalue weighted by molar-refractivity contribution is 6.42. The molecule has 1 unspecified atom stereocenters. The third-order valence-corrected chi connectivity index (χ3v) is 6.61. The fourth-order valence-corrected chi connectivity index (χ4v) is 4.38. The van der Waals surface area contributed by atoms with Crippen LogP contribution in [-0.2, 0) is 16.1 Å². The second-order valence-corrected chi connectivity index (χ2v) is 9.05.